The summed E-state index contributed by atoms with van der Waals surface area (Å²) >= 11 is 0. The second-order valence-electron chi connectivity index (χ2n) is 5.15. The van der Waals surface area contributed by atoms with Crippen LogP contribution >= 0.6 is 0 Å². The summed E-state index contributed by atoms with van der Waals surface area (Å²) in [5.74, 6) is -0.403. The Hall–Kier alpha value is -3.09. The zero-order chi connectivity index (χ0) is 16.2. The molecule has 0 spiro atoms. The fourth-order valence-electron chi connectivity index (χ4n) is 2.45. The Balaban J connectivity index is 1.56. The van der Waals surface area contributed by atoms with Crippen molar-refractivity contribution in [3.63, 3.8) is 0 Å². The lowest BCUT2D eigenvalue weighted by atomic mass is 10.1. The third kappa shape index (κ3) is 3.08. The molecule has 0 aliphatic heterocycles. The minimum atomic E-state index is -0.248. The number of para-hydroxylation sites is 1. The summed E-state index contributed by atoms with van der Waals surface area (Å²) in [7, 11) is 1.91. The van der Waals surface area contributed by atoms with E-state index in [4.69, 9.17) is 0 Å². The molecule has 23 heavy (non-hydrogen) atoms. The van der Waals surface area contributed by atoms with Crippen LogP contribution in [0.25, 0.3) is 10.9 Å². The molecule has 0 bridgehead atoms. The molecule has 3 N–H and O–H groups in total. The highest BCUT2D eigenvalue weighted by Crippen LogP contribution is 2.19. The highest BCUT2D eigenvalue weighted by atomic mass is 16.2. The summed E-state index contributed by atoms with van der Waals surface area (Å²) in [5.41, 5.74) is 2.03. The number of carbonyl (C=O) groups is 2. The molecule has 7 nitrogen and oxygen atoms in total. The van der Waals surface area contributed by atoms with E-state index in [9.17, 15) is 9.59 Å². The SMILES string of the molecule is Cn1cc(C(=O)NCCNC(=O)c2ccn[nH]2)c2ccccc21. The Morgan fingerprint density at radius 1 is 1.13 bits per heavy atom. The van der Waals surface area contributed by atoms with E-state index in [0.717, 1.165) is 10.9 Å². The van der Waals surface area contributed by atoms with E-state index >= 15 is 0 Å². The van der Waals surface area contributed by atoms with Crippen LogP contribution in [0.15, 0.2) is 42.7 Å². The maximum Gasteiger partial charge on any atom is 0.269 e. The van der Waals surface area contributed by atoms with E-state index in [1.54, 1.807) is 6.07 Å². The first-order chi connectivity index (χ1) is 11.2. The van der Waals surface area contributed by atoms with Crippen molar-refractivity contribution in [2.45, 2.75) is 0 Å². The van der Waals surface area contributed by atoms with Gasteiger partial charge in [0.15, 0.2) is 0 Å². The molecular weight excluding hydrogens is 294 g/mol. The standard InChI is InChI=1S/C16H17N5O2/c1-21-10-12(11-4-2-3-5-14(11)21)15(22)17-8-9-18-16(23)13-6-7-19-20-13/h2-7,10H,8-9H2,1H3,(H,17,22)(H,18,23)(H,19,20). The van der Waals surface area contributed by atoms with Gasteiger partial charge in [0.2, 0.25) is 0 Å². The Labute approximate surface area is 132 Å². The summed E-state index contributed by atoms with van der Waals surface area (Å²) in [6, 6.07) is 9.32. The number of aromatic nitrogens is 3. The molecule has 2 heterocycles. The second-order valence-corrected chi connectivity index (χ2v) is 5.15. The molecule has 0 unspecified atom stereocenters. The fraction of sp³-hybridized carbons (Fsp3) is 0.188. The lowest BCUT2D eigenvalue weighted by Gasteiger charge is -2.05. The average molecular weight is 311 g/mol. The van der Waals surface area contributed by atoms with Gasteiger partial charge in [-0.05, 0) is 12.1 Å². The maximum absolute atomic E-state index is 12.3. The van der Waals surface area contributed by atoms with Crippen LogP contribution in [0.5, 0.6) is 0 Å². The zero-order valence-corrected chi connectivity index (χ0v) is 12.7. The van der Waals surface area contributed by atoms with E-state index in [-0.39, 0.29) is 11.8 Å². The molecule has 0 atom stereocenters. The van der Waals surface area contributed by atoms with Gasteiger partial charge in [-0.3, -0.25) is 14.7 Å². The van der Waals surface area contributed by atoms with Crippen molar-refractivity contribution in [1.82, 2.24) is 25.4 Å². The number of fused-ring (bicyclic) bond motifs is 1. The van der Waals surface area contributed by atoms with Gasteiger partial charge in [0.1, 0.15) is 5.69 Å². The molecule has 0 saturated carbocycles. The minimum absolute atomic E-state index is 0.155. The van der Waals surface area contributed by atoms with Gasteiger partial charge in [-0.15, -0.1) is 0 Å². The number of amides is 2. The topological polar surface area (TPSA) is 91.8 Å². The summed E-state index contributed by atoms with van der Waals surface area (Å²) in [6.45, 7) is 0.691. The highest BCUT2D eigenvalue weighted by molar-refractivity contribution is 6.07. The zero-order valence-electron chi connectivity index (χ0n) is 12.7. The summed E-state index contributed by atoms with van der Waals surface area (Å²) in [6.07, 6.45) is 3.32. The molecule has 3 aromatic rings. The predicted molar refractivity (Wildman–Crippen MR) is 86.2 cm³/mol. The number of nitrogens with one attached hydrogen (secondary N) is 3. The molecule has 2 amide bonds. The van der Waals surface area contributed by atoms with Gasteiger partial charge in [0.25, 0.3) is 11.8 Å². The molecule has 3 rings (SSSR count). The molecular formula is C16H17N5O2. The number of hydrogen-bond donors (Lipinski definition) is 3. The van der Waals surface area contributed by atoms with E-state index < -0.39 is 0 Å². The van der Waals surface area contributed by atoms with Crippen LogP contribution in [0.3, 0.4) is 0 Å². The first kappa shape index (κ1) is 14.8. The van der Waals surface area contributed by atoms with Crippen molar-refractivity contribution < 1.29 is 9.59 Å². The monoisotopic (exact) mass is 311 g/mol. The van der Waals surface area contributed by atoms with Gasteiger partial charge >= 0.3 is 0 Å². The Morgan fingerprint density at radius 2 is 1.87 bits per heavy atom. The summed E-state index contributed by atoms with van der Waals surface area (Å²) in [5, 5.41) is 12.7. The number of aromatic amines is 1. The van der Waals surface area contributed by atoms with Crippen molar-refractivity contribution >= 4 is 22.7 Å². The van der Waals surface area contributed by atoms with Crippen LogP contribution in [-0.4, -0.2) is 39.7 Å². The molecule has 0 aliphatic carbocycles. The molecule has 7 heteroatoms. The Bertz CT molecular complexity index is 835. The third-order valence-electron chi connectivity index (χ3n) is 3.58. The smallest absolute Gasteiger partial charge is 0.269 e. The fourth-order valence-corrected chi connectivity index (χ4v) is 2.45. The molecule has 118 valence electrons. The largest absolute Gasteiger partial charge is 0.350 e. The van der Waals surface area contributed by atoms with E-state index in [0.29, 0.717) is 24.3 Å². The van der Waals surface area contributed by atoms with E-state index in [1.807, 2.05) is 42.1 Å². The molecule has 1 aromatic carbocycles. The summed E-state index contributed by atoms with van der Waals surface area (Å²) < 4.78 is 1.92. The van der Waals surface area contributed by atoms with Gasteiger partial charge in [0.05, 0.1) is 5.56 Å². The number of H-pyrrole nitrogens is 1. The summed E-state index contributed by atoms with van der Waals surface area (Å²) in [4.78, 5) is 24.0. The third-order valence-corrected chi connectivity index (χ3v) is 3.58. The van der Waals surface area contributed by atoms with E-state index in [2.05, 4.69) is 20.8 Å². The van der Waals surface area contributed by atoms with Crippen molar-refractivity contribution in [2.24, 2.45) is 7.05 Å². The van der Waals surface area contributed by atoms with Gasteiger partial charge in [-0.1, -0.05) is 18.2 Å². The van der Waals surface area contributed by atoms with Crippen molar-refractivity contribution in [3.8, 4) is 0 Å². The molecule has 2 aromatic heterocycles. The van der Waals surface area contributed by atoms with E-state index in [1.165, 1.54) is 6.20 Å². The second kappa shape index (κ2) is 6.35. The van der Waals surface area contributed by atoms with Crippen LogP contribution in [-0.2, 0) is 7.05 Å². The van der Waals surface area contributed by atoms with Crippen molar-refractivity contribution in [1.29, 1.82) is 0 Å². The van der Waals surface area contributed by atoms with Crippen molar-refractivity contribution in [2.75, 3.05) is 13.1 Å². The number of benzene rings is 1. The number of carbonyl (C=O) groups excluding carboxylic acids is 2. The lowest BCUT2D eigenvalue weighted by molar-refractivity contribution is 0.0925. The van der Waals surface area contributed by atoms with Crippen molar-refractivity contribution in [3.05, 3.63) is 54.0 Å². The molecule has 0 fully saturated rings. The van der Waals surface area contributed by atoms with Crippen LogP contribution in [0.1, 0.15) is 20.8 Å². The van der Waals surface area contributed by atoms with Gasteiger partial charge in [-0.25, -0.2) is 0 Å². The number of hydrogen-bond acceptors (Lipinski definition) is 3. The maximum atomic E-state index is 12.3. The average Bonchev–Trinajstić information content (AvgIpc) is 3.20. The van der Waals surface area contributed by atoms with Crippen LogP contribution < -0.4 is 10.6 Å². The Morgan fingerprint density at radius 3 is 2.61 bits per heavy atom. The predicted octanol–water partition coefficient (Wildman–Crippen LogP) is 1.06. The van der Waals surface area contributed by atoms with Crippen LogP contribution in [0.4, 0.5) is 0 Å². The van der Waals surface area contributed by atoms with Gasteiger partial charge in [-0.2, -0.15) is 5.10 Å². The Kier molecular flexibility index (Phi) is 4.09. The quantitative estimate of drug-likeness (QED) is 0.615. The first-order valence-electron chi connectivity index (χ1n) is 7.26. The normalized spacial score (nSPS) is 10.7. The first-order valence-corrected chi connectivity index (χ1v) is 7.26. The molecule has 0 radical (unpaired) electrons. The molecule has 0 saturated heterocycles. The number of rotatable bonds is 5. The van der Waals surface area contributed by atoms with Gasteiger partial charge in [0, 0.05) is 43.4 Å². The number of aryl methyl sites for hydroxylation is 1. The number of nitrogens with zero attached hydrogens (tertiary/aromatic N) is 2. The van der Waals surface area contributed by atoms with Crippen LogP contribution in [0, 0.1) is 0 Å². The molecule has 0 aliphatic rings. The highest BCUT2D eigenvalue weighted by Gasteiger charge is 2.13. The lowest BCUT2D eigenvalue weighted by Crippen LogP contribution is -2.34. The van der Waals surface area contributed by atoms with Gasteiger partial charge < -0.3 is 15.2 Å². The van der Waals surface area contributed by atoms with Crippen LogP contribution in [0.2, 0.25) is 0 Å². The minimum Gasteiger partial charge on any atom is -0.350 e.